The fourth-order valence-electron chi connectivity index (χ4n) is 14.3. The molecule has 6 aliphatic heterocycles. The Morgan fingerprint density at radius 2 is 0.786 bits per heavy atom. The summed E-state index contributed by atoms with van der Waals surface area (Å²) in [5.74, 6) is -1.52. The van der Waals surface area contributed by atoms with E-state index in [1.165, 1.54) is 13.8 Å². The first-order valence-corrected chi connectivity index (χ1v) is 43.1. The number of ether oxygens (including phenoxy) is 21. The van der Waals surface area contributed by atoms with E-state index < -0.39 is 108 Å². The molecule has 0 aromatic carbocycles. The van der Waals surface area contributed by atoms with E-state index in [9.17, 15) is 64.8 Å². The zero-order valence-electron chi connectivity index (χ0n) is 72.0. The fourth-order valence-corrected chi connectivity index (χ4v) is 14.3. The average Bonchev–Trinajstić information content (AvgIpc) is 1.60. The van der Waals surface area contributed by atoms with E-state index in [-0.39, 0.29) is 215 Å². The summed E-state index contributed by atoms with van der Waals surface area (Å²) in [4.78, 5) is 62.2. The van der Waals surface area contributed by atoms with Crippen LogP contribution >= 0.6 is 0 Å². The number of carbonyl (C=O) groups is 5. The van der Waals surface area contributed by atoms with Gasteiger partial charge in [-0.3, -0.25) is 24.0 Å². The van der Waals surface area contributed by atoms with Crippen molar-refractivity contribution in [1.82, 2.24) is 71.6 Å². The van der Waals surface area contributed by atoms with Crippen molar-refractivity contribution in [3.8, 4) is 0 Å². The average molecular weight is 1810 g/mol. The number of nitrogens with zero attached hydrogens (tertiary/aromatic N) is 9. The monoisotopic (exact) mass is 1810 g/mol. The summed E-state index contributed by atoms with van der Waals surface area (Å²) in [6.45, 7) is 8.65. The lowest BCUT2D eigenvalue weighted by atomic mass is 9.88. The second-order valence-corrected chi connectivity index (χ2v) is 31.5. The fraction of sp³-hybridized carbons (Fsp3) is 0.859. The molecule has 0 radical (unpaired) electrons. The lowest BCUT2D eigenvalue weighted by molar-refractivity contribution is -0.238. The molecule has 9 rings (SSSR count). The number of aliphatic hydroxyl groups excluding tert-OH is 8. The minimum atomic E-state index is -1.35. The first kappa shape index (κ1) is 103. The van der Waals surface area contributed by atoms with Gasteiger partial charge < -0.3 is 167 Å². The van der Waals surface area contributed by atoms with Crippen molar-refractivity contribution in [3.63, 3.8) is 0 Å². The highest BCUT2D eigenvalue weighted by Gasteiger charge is 2.61. The van der Waals surface area contributed by atoms with Gasteiger partial charge in [0.25, 0.3) is 0 Å². The molecule has 6 saturated heterocycles. The van der Waals surface area contributed by atoms with E-state index in [0.717, 1.165) is 0 Å². The van der Waals surface area contributed by atoms with Gasteiger partial charge in [-0.25, -0.2) is 14.0 Å². The number of amides is 5. The molecule has 126 heavy (non-hydrogen) atoms. The van der Waals surface area contributed by atoms with Gasteiger partial charge in [0, 0.05) is 46.1 Å². The second-order valence-electron chi connectivity index (χ2n) is 31.5. The van der Waals surface area contributed by atoms with Crippen molar-refractivity contribution >= 4 is 29.5 Å². The highest BCUT2D eigenvalue weighted by Crippen LogP contribution is 2.40. The number of carbonyl (C=O) groups excluding carboxylic acids is 5. The van der Waals surface area contributed by atoms with E-state index in [4.69, 9.17) is 99.5 Å². The third kappa shape index (κ3) is 35.0. The zero-order chi connectivity index (χ0) is 89.7. The van der Waals surface area contributed by atoms with Gasteiger partial charge in [-0.05, 0) is 25.7 Å². The maximum absolute atomic E-state index is 14.2. The topological polar surface area (TPSA) is 593 Å². The molecule has 0 aliphatic carbocycles. The molecule has 5 amide bonds. The highest BCUT2D eigenvalue weighted by atomic mass is 16.8. The summed E-state index contributed by atoms with van der Waals surface area (Å²) in [7, 11) is 0. The van der Waals surface area contributed by atoms with Gasteiger partial charge in [-0.1, -0.05) is 28.5 Å². The summed E-state index contributed by atoms with van der Waals surface area (Å²) in [5, 5.41) is 121. The standard InChI is InChI=1S/C78H132N14O34/c1-55(95)80-66-68(101)71(104)77(53-122-73(66)125-77)50-116-35-32-113-29-26-110-23-20-107-17-14-91-39-58(85-88-91)44-119-47-75(83-64(100)11-7-4-8-12-79-62(98)9-5-3-6-10-63(99)82-60(41-93)42-94,46-118-43-57-38-90(87-84-57)13-16-106-19-22-109-25-28-112-31-34-115-49-76-52-121-65(124-76)37-61(97)70(76)103)48-120-45-59-40-92(89-86-59)15-18-108-21-24-111-27-30-114-33-36-117-51-78-54-123-74(126-78)67(81-56(2)96)69(102)72(78)105/h38-40,60-61,65-74,93-94,97,101-105H,3-37,41-54H2,1-2H3,(H,79,98)(H,80,95)(H,81,96)(H,82,99)(H,83,100)/t61-,65+,66-,67-,68-,69-,70-,71-,72-,73+,74+,76+,77+,78+/m1/s1. The van der Waals surface area contributed by atoms with Gasteiger partial charge in [0.2, 0.25) is 29.5 Å². The first-order chi connectivity index (χ1) is 61.1. The molecule has 9 heterocycles. The van der Waals surface area contributed by atoms with Crippen LogP contribution in [0.2, 0.25) is 0 Å². The number of fused-ring (bicyclic) bond motifs is 6. The van der Waals surface area contributed by atoms with E-state index in [1.54, 1.807) is 32.6 Å². The Bertz CT molecular complexity index is 3430. The number of hydrogen-bond acceptors (Lipinski definition) is 40. The van der Waals surface area contributed by atoms with Gasteiger partial charge in [0.15, 0.2) is 18.9 Å². The highest BCUT2D eigenvalue weighted by molar-refractivity contribution is 5.77. The molecule has 13 N–H and O–H groups in total. The minimum Gasteiger partial charge on any atom is -0.394 e. The summed E-state index contributed by atoms with van der Waals surface area (Å²) in [5.41, 5.74) is -3.55. The van der Waals surface area contributed by atoms with Gasteiger partial charge >= 0.3 is 0 Å². The Kier molecular flexibility index (Phi) is 46.2. The second kappa shape index (κ2) is 56.4. The third-order valence-corrected chi connectivity index (χ3v) is 21.0. The molecular formula is C78H132N14O34. The Balaban J connectivity index is 0.707. The molecule has 6 bridgehead atoms. The largest absolute Gasteiger partial charge is 0.394 e. The maximum atomic E-state index is 14.2. The maximum Gasteiger partial charge on any atom is 0.220 e. The van der Waals surface area contributed by atoms with Crippen LogP contribution in [0.1, 0.15) is 95.1 Å². The third-order valence-electron chi connectivity index (χ3n) is 21.0. The van der Waals surface area contributed by atoms with Crippen LogP contribution in [0.3, 0.4) is 0 Å². The Morgan fingerprint density at radius 1 is 0.437 bits per heavy atom. The van der Waals surface area contributed by atoms with Crippen LogP contribution in [-0.4, -0.2) is 429 Å². The van der Waals surface area contributed by atoms with Crippen LogP contribution in [0.25, 0.3) is 0 Å². The first-order valence-electron chi connectivity index (χ1n) is 43.1. The Hall–Kier alpha value is -6.39. The van der Waals surface area contributed by atoms with Crippen molar-refractivity contribution in [3.05, 3.63) is 35.7 Å². The number of aliphatic hydroxyl groups is 8. The van der Waals surface area contributed by atoms with Gasteiger partial charge in [0.05, 0.1) is 282 Å². The van der Waals surface area contributed by atoms with E-state index in [0.29, 0.717) is 141 Å². The molecule has 48 nitrogen and oxygen atoms in total. The molecule has 48 heteroatoms. The lowest BCUT2D eigenvalue weighted by Crippen LogP contribution is -2.66. The van der Waals surface area contributed by atoms with Crippen molar-refractivity contribution in [2.24, 2.45) is 0 Å². The molecule has 0 saturated carbocycles. The molecule has 3 aromatic heterocycles. The smallest absolute Gasteiger partial charge is 0.220 e. The Labute approximate surface area is 729 Å². The molecule has 6 fully saturated rings. The Morgan fingerprint density at radius 3 is 1.17 bits per heavy atom. The summed E-state index contributed by atoms with van der Waals surface area (Å²) >= 11 is 0. The van der Waals surface area contributed by atoms with Crippen molar-refractivity contribution < 1.29 is 164 Å². The summed E-state index contributed by atoms with van der Waals surface area (Å²) in [6.07, 6.45) is -0.376. The zero-order valence-corrected chi connectivity index (χ0v) is 72.0. The molecule has 718 valence electrons. The van der Waals surface area contributed by atoms with Crippen LogP contribution < -0.4 is 26.6 Å². The van der Waals surface area contributed by atoms with Crippen LogP contribution in [0.15, 0.2) is 18.6 Å². The van der Waals surface area contributed by atoms with E-state index >= 15 is 0 Å². The predicted octanol–water partition coefficient (Wildman–Crippen LogP) is -6.50. The molecule has 3 aromatic rings. The van der Waals surface area contributed by atoms with Gasteiger partial charge in [-0.2, -0.15) is 0 Å². The van der Waals surface area contributed by atoms with E-state index in [2.05, 4.69) is 57.5 Å². The lowest BCUT2D eigenvalue weighted by Gasteiger charge is -2.42. The quantitative estimate of drug-likeness (QED) is 0.0234. The van der Waals surface area contributed by atoms with Crippen molar-refractivity contribution in [2.45, 2.75) is 213 Å². The molecule has 0 spiro atoms. The molecular weight excluding hydrogens is 1680 g/mol. The summed E-state index contributed by atoms with van der Waals surface area (Å²) in [6, 6.07) is -2.54. The normalized spacial score (nSPS) is 25.4. The molecule has 14 atom stereocenters. The van der Waals surface area contributed by atoms with Crippen LogP contribution in [0, 0.1) is 0 Å². The van der Waals surface area contributed by atoms with Crippen LogP contribution in [0.5, 0.6) is 0 Å². The number of hydrogen-bond donors (Lipinski definition) is 13. The number of unbranched alkanes of at least 4 members (excludes halogenated alkanes) is 4. The van der Waals surface area contributed by atoms with Crippen LogP contribution in [0.4, 0.5) is 0 Å². The molecule has 6 aliphatic rings. The van der Waals surface area contributed by atoms with Gasteiger partial charge in [0.1, 0.15) is 82.0 Å². The van der Waals surface area contributed by atoms with Gasteiger partial charge in [-0.15, -0.1) is 15.3 Å². The van der Waals surface area contributed by atoms with Crippen LogP contribution in [-0.2, 0) is 163 Å². The predicted molar refractivity (Wildman–Crippen MR) is 427 cm³/mol. The van der Waals surface area contributed by atoms with Crippen molar-refractivity contribution in [2.75, 3.05) is 218 Å². The van der Waals surface area contributed by atoms with Crippen molar-refractivity contribution in [1.29, 1.82) is 0 Å². The molecule has 0 unspecified atom stereocenters. The SMILES string of the molecule is CC(=O)N[C@H]1[C@H]2OC[C@](COCCOCCOCCOCCn3cc(COCC(COCc4cn(CCOCCOCCOCCOC[C@@]56CO[C@@H](O5)[C@H](NC(C)=O)[C@@H](O)[C@H]6O)nn4)(COCc4cn(CCOCCOCCOCCOC[C@]56CO[C@H](C[C@@H](O)[C@H]5O)O6)nn4)NC(=O)CCCCCNC(=O)CCCCCC(=O)NC(CO)CO)nn3)(O2)[C@H](O)[C@@H]1O. The minimum absolute atomic E-state index is 0.0205. The summed E-state index contributed by atoms with van der Waals surface area (Å²) < 4.78 is 127. The number of aromatic nitrogens is 9. The number of nitrogens with one attached hydrogen (secondary N) is 5. The number of rotatable bonds is 72. The van der Waals surface area contributed by atoms with E-state index in [1.807, 2.05) is 0 Å².